The number of hydrogen-bond donors (Lipinski definition) is 1. The molecule has 8 heteroatoms. The Morgan fingerprint density at radius 1 is 1.03 bits per heavy atom. The molecule has 1 heterocycles. The van der Waals surface area contributed by atoms with Gasteiger partial charge in [-0.25, -0.2) is 13.1 Å². The van der Waals surface area contributed by atoms with Crippen LogP contribution in [0.1, 0.15) is 52.4 Å². The van der Waals surface area contributed by atoms with Gasteiger partial charge >= 0.3 is 0 Å². The van der Waals surface area contributed by atoms with E-state index in [1.807, 2.05) is 12.1 Å². The van der Waals surface area contributed by atoms with Gasteiger partial charge in [0.2, 0.25) is 10.0 Å². The topological polar surface area (TPSA) is 94.6 Å². The molecule has 1 aromatic heterocycles. The van der Waals surface area contributed by atoms with Crippen molar-refractivity contribution < 1.29 is 22.7 Å². The van der Waals surface area contributed by atoms with E-state index in [-0.39, 0.29) is 12.6 Å². The van der Waals surface area contributed by atoms with Crippen LogP contribution in [0.2, 0.25) is 0 Å². The number of rotatable bonds is 11. The van der Waals surface area contributed by atoms with Crippen molar-refractivity contribution in [3.8, 4) is 11.5 Å². The van der Waals surface area contributed by atoms with Crippen molar-refractivity contribution in [3.05, 3.63) is 89.7 Å². The smallest absolute Gasteiger partial charge is 0.226 e. The number of sulfonamides is 1. The minimum Gasteiger partial charge on any atom is -0.493 e. The summed E-state index contributed by atoms with van der Waals surface area (Å²) >= 11 is 0. The lowest BCUT2D eigenvalue weighted by molar-refractivity contribution is 0.0986. The zero-order chi connectivity index (χ0) is 24.7. The highest BCUT2D eigenvalue weighted by Crippen LogP contribution is 2.36. The lowest BCUT2D eigenvalue weighted by atomic mass is 10.0. The summed E-state index contributed by atoms with van der Waals surface area (Å²) < 4.78 is 41.3. The molecule has 3 aromatic rings. The Kier molecular flexibility index (Phi) is 8.15. The van der Waals surface area contributed by atoms with Crippen LogP contribution in [0.25, 0.3) is 0 Å². The number of nitrogens with one attached hydrogen (secondary N) is 1. The summed E-state index contributed by atoms with van der Waals surface area (Å²) in [5, 5.41) is -1.43. The van der Waals surface area contributed by atoms with Gasteiger partial charge in [-0.05, 0) is 67.5 Å². The van der Waals surface area contributed by atoms with Gasteiger partial charge in [0.25, 0.3) is 0 Å². The number of ether oxygens (including phenoxy) is 2. The molecule has 1 unspecified atom stereocenters. The largest absolute Gasteiger partial charge is 0.493 e. The second kappa shape index (κ2) is 11.5. The van der Waals surface area contributed by atoms with E-state index in [4.69, 9.17) is 9.47 Å². The predicted molar refractivity (Wildman–Crippen MR) is 134 cm³/mol. The molecular weight excluding hydrogens is 464 g/mol. The first-order valence-electron chi connectivity index (χ1n) is 11.8. The van der Waals surface area contributed by atoms with Crippen LogP contribution in [0.3, 0.4) is 0 Å². The van der Waals surface area contributed by atoms with Crippen LogP contribution < -0.4 is 14.2 Å². The van der Waals surface area contributed by atoms with Crippen LogP contribution in [0, 0.1) is 0 Å². The molecule has 7 nitrogen and oxygen atoms in total. The fraction of sp³-hybridized carbons (Fsp3) is 0.333. The Balaban J connectivity index is 1.65. The van der Waals surface area contributed by atoms with Gasteiger partial charge in [0.15, 0.2) is 22.5 Å². The Bertz CT molecular complexity index is 1230. The highest BCUT2D eigenvalue weighted by Gasteiger charge is 2.35. The maximum absolute atomic E-state index is 13.5. The number of benzene rings is 2. The summed E-state index contributed by atoms with van der Waals surface area (Å²) in [5.41, 5.74) is 1.61. The van der Waals surface area contributed by atoms with E-state index in [9.17, 15) is 13.2 Å². The lowest BCUT2D eigenvalue weighted by Crippen LogP contribution is -2.35. The molecule has 0 bridgehead atoms. The molecule has 1 N–H and O–H groups in total. The number of ketones is 1. The molecular formula is C27H30N2O5S. The van der Waals surface area contributed by atoms with Gasteiger partial charge in [-0.1, -0.05) is 36.4 Å². The van der Waals surface area contributed by atoms with E-state index in [0.717, 1.165) is 31.2 Å². The molecule has 0 spiro atoms. The molecule has 4 rings (SSSR count). The minimum atomic E-state index is -4.07. The summed E-state index contributed by atoms with van der Waals surface area (Å²) in [6.07, 6.45) is 7.92. The summed E-state index contributed by atoms with van der Waals surface area (Å²) in [7, 11) is -2.53. The van der Waals surface area contributed by atoms with Gasteiger partial charge in [-0.15, -0.1) is 0 Å². The minimum absolute atomic E-state index is 0.0533. The number of methoxy groups -OCH3 is 1. The van der Waals surface area contributed by atoms with E-state index < -0.39 is 21.1 Å². The highest BCUT2D eigenvalue weighted by molar-refractivity contribution is 7.90. The summed E-state index contributed by atoms with van der Waals surface area (Å²) in [6, 6.07) is 17.0. The van der Waals surface area contributed by atoms with Crippen molar-refractivity contribution in [1.29, 1.82) is 0 Å². The summed E-state index contributed by atoms with van der Waals surface area (Å²) in [6.45, 7) is 0.159. The molecule has 1 saturated carbocycles. The van der Waals surface area contributed by atoms with Gasteiger partial charge < -0.3 is 9.47 Å². The average molecular weight is 495 g/mol. The zero-order valence-corrected chi connectivity index (χ0v) is 20.5. The van der Waals surface area contributed by atoms with Crippen LogP contribution in [-0.2, 0) is 16.4 Å². The van der Waals surface area contributed by atoms with Gasteiger partial charge in [0, 0.05) is 24.5 Å². The number of carbonyl (C=O) groups excluding carboxylic acids is 1. The van der Waals surface area contributed by atoms with Gasteiger partial charge in [-0.3, -0.25) is 9.78 Å². The molecule has 35 heavy (non-hydrogen) atoms. The Labute approximate surface area is 206 Å². The Morgan fingerprint density at radius 3 is 2.43 bits per heavy atom. The van der Waals surface area contributed by atoms with Crippen molar-refractivity contribution in [2.75, 3.05) is 13.7 Å². The fourth-order valence-electron chi connectivity index (χ4n) is 4.33. The second-order valence-corrected chi connectivity index (χ2v) is 10.4. The third-order valence-electron chi connectivity index (χ3n) is 6.16. The zero-order valence-electron chi connectivity index (χ0n) is 19.7. The van der Waals surface area contributed by atoms with Crippen LogP contribution in [0.4, 0.5) is 0 Å². The molecule has 0 radical (unpaired) electrons. The van der Waals surface area contributed by atoms with E-state index in [0.29, 0.717) is 29.0 Å². The second-order valence-electron chi connectivity index (χ2n) is 8.59. The lowest BCUT2D eigenvalue weighted by Gasteiger charge is -2.21. The molecule has 1 atom stereocenters. The normalized spacial score (nSPS) is 15.0. The molecule has 0 amide bonds. The van der Waals surface area contributed by atoms with Crippen LogP contribution in [0.5, 0.6) is 11.5 Å². The average Bonchev–Trinajstić information content (AvgIpc) is 3.38. The maximum atomic E-state index is 13.5. The number of pyridine rings is 1. The molecule has 0 aliphatic heterocycles. The first kappa shape index (κ1) is 24.9. The van der Waals surface area contributed by atoms with Crippen LogP contribution in [-0.4, -0.2) is 38.9 Å². The molecule has 1 fully saturated rings. The van der Waals surface area contributed by atoms with E-state index in [2.05, 4.69) is 9.71 Å². The SMILES string of the molecule is COc1ccc(C(C(=O)c2ccccc2)S(=O)(=O)NCCc2ccncc2)cc1OC1CCCC1. The molecule has 0 saturated heterocycles. The third-order valence-corrected chi connectivity index (χ3v) is 7.87. The van der Waals surface area contributed by atoms with Crippen LogP contribution in [0.15, 0.2) is 73.1 Å². The molecule has 2 aromatic carbocycles. The highest BCUT2D eigenvalue weighted by atomic mass is 32.2. The summed E-state index contributed by atoms with van der Waals surface area (Å²) in [5.74, 6) is 0.461. The van der Waals surface area contributed by atoms with E-state index >= 15 is 0 Å². The molecule has 1 aliphatic rings. The van der Waals surface area contributed by atoms with Crippen molar-refractivity contribution in [3.63, 3.8) is 0 Å². The van der Waals surface area contributed by atoms with Crippen molar-refractivity contribution in [1.82, 2.24) is 9.71 Å². The maximum Gasteiger partial charge on any atom is 0.226 e. The first-order chi connectivity index (χ1) is 17.0. The fourth-order valence-corrected chi connectivity index (χ4v) is 5.81. The first-order valence-corrected chi connectivity index (χ1v) is 13.3. The Morgan fingerprint density at radius 2 is 1.74 bits per heavy atom. The molecule has 1 aliphatic carbocycles. The number of carbonyl (C=O) groups is 1. The quantitative estimate of drug-likeness (QED) is 0.395. The number of Topliss-reactive ketones (excluding diaryl/α,β-unsaturated/α-hetero) is 1. The monoisotopic (exact) mass is 494 g/mol. The number of aromatic nitrogens is 1. The van der Waals surface area contributed by atoms with Crippen LogP contribution >= 0.6 is 0 Å². The Hall–Kier alpha value is -3.23. The van der Waals surface area contributed by atoms with E-state index in [1.54, 1.807) is 68.0 Å². The summed E-state index contributed by atoms with van der Waals surface area (Å²) in [4.78, 5) is 17.5. The number of hydrogen-bond acceptors (Lipinski definition) is 6. The van der Waals surface area contributed by atoms with Gasteiger partial charge in [-0.2, -0.15) is 0 Å². The van der Waals surface area contributed by atoms with Crippen molar-refractivity contribution >= 4 is 15.8 Å². The van der Waals surface area contributed by atoms with Crippen molar-refractivity contribution in [2.45, 2.75) is 43.5 Å². The predicted octanol–water partition coefficient (Wildman–Crippen LogP) is 4.50. The van der Waals surface area contributed by atoms with Gasteiger partial charge in [0.05, 0.1) is 13.2 Å². The van der Waals surface area contributed by atoms with Gasteiger partial charge in [0.1, 0.15) is 0 Å². The van der Waals surface area contributed by atoms with E-state index in [1.165, 1.54) is 0 Å². The van der Waals surface area contributed by atoms with Crippen molar-refractivity contribution in [2.24, 2.45) is 0 Å². The number of nitrogens with zero attached hydrogens (tertiary/aromatic N) is 1. The standard InChI is InChI=1S/C27H30N2O5S/c1-33-24-12-11-22(19-25(24)34-23-9-5-6-10-23)27(26(30)21-7-3-2-4-8-21)35(31,32)29-18-15-20-13-16-28-17-14-20/h2-4,7-8,11-14,16-17,19,23,27,29H,5-6,9-10,15,18H2,1H3. The molecule has 184 valence electrons. The third kappa shape index (κ3) is 6.26.